The molecule has 0 bridgehead atoms. The third-order valence-electron chi connectivity index (χ3n) is 2.92. The van der Waals surface area contributed by atoms with E-state index in [1.807, 2.05) is 0 Å². The van der Waals surface area contributed by atoms with Gasteiger partial charge in [0.25, 0.3) is 0 Å². The van der Waals surface area contributed by atoms with E-state index in [4.69, 9.17) is 4.74 Å². The molecule has 0 N–H and O–H groups in total. The van der Waals surface area contributed by atoms with Crippen LogP contribution in [0.2, 0.25) is 0 Å². The molecule has 1 amide bonds. The first-order valence-corrected chi connectivity index (χ1v) is 5.80. The summed E-state index contributed by atoms with van der Waals surface area (Å²) in [6.07, 6.45) is -3.49. The Hall–Kier alpha value is -1.79. The van der Waals surface area contributed by atoms with E-state index in [2.05, 4.69) is 4.98 Å². The Balaban J connectivity index is 2.33. The largest absolute Gasteiger partial charge is 0.471 e. The van der Waals surface area contributed by atoms with Gasteiger partial charge in [-0.05, 0) is 26.0 Å². The molecular weight excluding hydrogens is 261 g/mol. The summed E-state index contributed by atoms with van der Waals surface area (Å²) in [5.41, 5.74) is 0.279. The second kappa shape index (κ2) is 4.71. The molecule has 0 radical (unpaired) electrons. The number of carbonyl (C=O) groups is 1. The Labute approximate surface area is 108 Å². The lowest BCUT2D eigenvalue weighted by Crippen LogP contribution is -2.47. The molecule has 1 aliphatic rings. The molecule has 7 heteroatoms. The Morgan fingerprint density at radius 2 is 2.26 bits per heavy atom. The molecule has 0 saturated carbocycles. The first kappa shape index (κ1) is 13.6. The summed E-state index contributed by atoms with van der Waals surface area (Å²) in [6.45, 7) is 2.62. The van der Waals surface area contributed by atoms with Gasteiger partial charge in [-0.15, -0.1) is 0 Å². The smallest absolute Gasteiger partial charge is 0.400 e. The SMILES string of the molecule is CC1CN(C(=O)C(C)C(F)(F)F)c2cccnc2O1. The number of alkyl halides is 3. The molecule has 1 aromatic heterocycles. The molecule has 2 atom stereocenters. The van der Waals surface area contributed by atoms with Gasteiger partial charge >= 0.3 is 6.18 Å². The number of pyridine rings is 1. The summed E-state index contributed by atoms with van der Waals surface area (Å²) in [4.78, 5) is 17.0. The highest BCUT2D eigenvalue weighted by atomic mass is 19.4. The topological polar surface area (TPSA) is 42.4 Å². The zero-order valence-corrected chi connectivity index (χ0v) is 10.4. The van der Waals surface area contributed by atoms with Crippen molar-refractivity contribution < 1.29 is 22.7 Å². The van der Waals surface area contributed by atoms with Crippen LogP contribution in [0.4, 0.5) is 18.9 Å². The molecule has 4 nitrogen and oxygen atoms in total. The molecule has 2 rings (SSSR count). The number of anilines is 1. The maximum absolute atomic E-state index is 12.6. The highest BCUT2D eigenvalue weighted by Crippen LogP contribution is 2.34. The van der Waals surface area contributed by atoms with E-state index in [9.17, 15) is 18.0 Å². The normalized spacial score (nSPS) is 20.5. The summed E-state index contributed by atoms with van der Waals surface area (Å²) in [5, 5.41) is 0. The number of amides is 1. The van der Waals surface area contributed by atoms with Crippen LogP contribution >= 0.6 is 0 Å². The first-order valence-electron chi connectivity index (χ1n) is 5.80. The highest BCUT2D eigenvalue weighted by Gasteiger charge is 2.44. The Kier molecular flexibility index (Phi) is 3.38. The standard InChI is InChI=1S/C12H13F3N2O2/c1-7-6-17(11(18)8(2)12(13,14)15)9-4-3-5-16-10(9)19-7/h3-5,7-8H,6H2,1-2H3. The predicted molar refractivity (Wildman–Crippen MR) is 61.9 cm³/mol. The van der Waals surface area contributed by atoms with Crippen LogP contribution in [0.5, 0.6) is 5.88 Å². The van der Waals surface area contributed by atoms with Gasteiger partial charge in [-0.1, -0.05) is 0 Å². The van der Waals surface area contributed by atoms with Crippen molar-refractivity contribution >= 4 is 11.6 Å². The Morgan fingerprint density at radius 1 is 1.58 bits per heavy atom. The van der Waals surface area contributed by atoms with Gasteiger partial charge in [0.2, 0.25) is 11.8 Å². The van der Waals surface area contributed by atoms with E-state index in [1.165, 1.54) is 12.3 Å². The average molecular weight is 274 g/mol. The lowest BCUT2D eigenvalue weighted by Gasteiger charge is -2.34. The molecule has 1 aromatic rings. The van der Waals surface area contributed by atoms with Crippen LogP contribution in [-0.4, -0.2) is 29.7 Å². The summed E-state index contributed by atoms with van der Waals surface area (Å²) in [5.74, 6) is -2.85. The second-order valence-corrected chi connectivity index (χ2v) is 4.47. The molecule has 0 fully saturated rings. The average Bonchev–Trinajstić information content (AvgIpc) is 2.34. The summed E-state index contributed by atoms with van der Waals surface area (Å²) in [6, 6.07) is 3.08. The monoisotopic (exact) mass is 274 g/mol. The number of nitrogens with zero attached hydrogens (tertiary/aromatic N) is 2. The van der Waals surface area contributed by atoms with Crippen LogP contribution in [0.3, 0.4) is 0 Å². The molecule has 19 heavy (non-hydrogen) atoms. The minimum atomic E-state index is -4.55. The zero-order valence-electron chi connectivity index (χ0n) is 10.4. The van der Waals surface area contributed by atoms with Crippen LogP contribution in [0.15, 0.2) is 18.3 Å². The molecule has 104 valence electrons. The molecule has 0 aromatic carbocycles. The van der Waals surface area contributed by atoms with Crippen LogP contribution in [0, 0.1) is 5.92 Å². The fourth-order valence-electron chi connectivity index (χ4n) is 1.84. The molecular formula is C12H13F3N2O2. The van der Waals surface area contributed by atoms with Gasteiger partial charge in [0.05, 0.1) is 6.54 Å². The molecule has 0 spiro atoms. The van der Waals surface area contributed by atoms with Gasteiger partial charge < -0.3 is 9.64 Å². The molecule has 2 unspecified atom stereocenters. The van der Waals surface area contributed by atoms with E-state index in [-0.39, 0.29) is 18.1 Å². The third-order valence-corrected chi connectivity index (χ3v) is 2.92. The van der Waals surface area contributed by atoms with Gasteiger partial charge in [0.1, 0.15) is 17.7 Å². The van der Waals surface area contributed by atoms with E-state index in [0.717, 1.165) is 11.8 Å². The Bertz CT molecular complexity index is 490. The number of aromatic nitrogens is 1. The van der Waals surface area contributed by atoms with E-state index in [0.29, 0.717) is 0 Å². The number of carbonyl (C=O) groups excluding carboxylic acids is 1. The van der Waals surface area contributed by atoms with Crippen molar-refractivity contribution in [3.05, 3.63) is 18.3 Å². The van der Waals surface area contributed by atoms with E-state index >= 15 is 0 Å². The van der Waals surface area contributed by atoms with Crippen molar-refractivity contribution in [2.75, 3.05) is 11.4 Å². The van der Waals surface area contributed by atoms with Crippen LogP contribution < -0.4 is 9.64 Å². The second-order valence-electron chi connectivity index (χ2n) is 4.47. The lowest BCUT2D eigenvalue weighted by atomic mass is 10.1. The predicted octanol–water partition coefficient (Wildman–Crippen LogP) is 2.39. The minimum Gasteiger partial charge on any atom is -0.471 e. The maximum Gasteiger partial charge on any atom is 0.400 e. The first-order chi connectivity index (χ1) is 8.80. The fraction of sp³-hybridized carbons (Fsp3) is 0.500. The number of hydrogen-bond acceptors (Lipinski definition) is 3. The summed E-state index contributed by atoms with van der Waals surface area (Å²) < 4.78 is 43.3. The van der Waals surface area contributed by atoms with Crippen molar-refractivity contribution in [1.29, 1.82) is 0 Å². The lowest BCUT2D eigenvalue weighted by molar-refractivity contribution is -0.177. The molecule has 0 saturated heterocycles. The fourth-order valence-corrected chi connectivity index (χ4v) is 1.84. The van der Waals surface area contributed by atoms with Gasteiger partial charge in [-0.3, -0.25) is 4.79 Å². The molecule has 2 heterocycles. The van der Waals surface area contributed by atoms with Crippen LogP contribution in [0.25, 0.3) is 0 Å². The van der Waals surface area contributed by atoms with Gasteiger partial charge in [0, 0.05) is 6.20 Å². The van der Waals surface area contributed by atoms with Crippen LogP contribution in [0.1, 0.15) is 13.8 Å². The number of ether oxygens (including phenoxy) is 1. The number of halogens is 3. The molecule has 1 aliphatic heterocycles. The van der Waals surface area contributed by atoms with E-state index in [1.54, 1.807) is 13.0 Å². The maximum atomic E-state index is 12.6. The number of hydrogen-bond donors (Lipinski definition) is 0. The van der Waals surface area contributed by atoms with Crippen LogP contribution in [-0.2, 0) is 4.79 Å². The zero-order chi connectivity index (χ0) is 14.2. The van der Waals surface area contributed by atoms with Crippen molar-refractivity contribution in [3.8, 4) is 5.88 Å². The van der Waals surface area contributed by atoms with Gasteiger partial charge in [-0.25, -0.2) is 4.98 Å². The third kappa shape index (κ3) is 2.64. The van der Waals surface area contributed by atoms with Crippen molar-refractivity contribution in [3.63, 3.8) is 0 Å². The van der Waals surface area contributed by atoms with Gasteiger partial charge in [-0.2, -0.15) is 13.2 Å². The van der Waals surface area contributed by atoms with Crippen molar-refractivity contribution in [2.24, 2.45) is 5.92 Å². The highest BCUT2D eigenvalue weighted by molar-refractivity contribution is 5.96. The summed E-state index contributed by atoms with van der Waals surface area (Å²) >= 11 is 0. The number of fused-ring (bicyclic) bond motifs is 1. The Morgan fingerprint density at radius 3 is 2.89 bits per heavy atom. The van der Waals surface area contributed by atoms with Crippen molar-refractivity contribution in [1.82, 2.24) is 4.98 Å². The van der Waals surface area contributed by atoms with E-state index < -0.39 is 24.1 Å². The minimum absolute atomic E-state index is 0.0813. The van der Waals surface area contributed by atoms with Crippen molar-refractivity contribution in [2.45, 2.75) is 26.1 Å². The number of rotatable bonds is 1. The van der Waals surface area contributed by atoms with Gasteiger partial charge in [0.15, 0.2) is 0 Å². The molecule has 0 aliphatic carbocycles. The summed E-state index contributed by atoms with van der Waals surface area (Å²) in [7, 11) is 0. The quantitative estimate of drug-likeness (QED) is 0.789.